The lowest BCUT2D eigenvalue weighted by atomic mass is 10.1. The number of ether oxygens (including phenoxy) is 1. The summed E-state index contributed by atoms with van der Waals surface area (Å²) in [4.78, 5) is 0. The van der Waals surface area contributed by atoms with Crippen LogP contribution in [-0.2, 0) is 6.42 Å². The highest BCUT2D eigenvalue weighted by atomic mass is 35.5. The lowest BCUT2D eigenvalue weighted by Crippen LogP contribution is -1.95. The van der Waals surface area contributed by atoms with Crippen LogP contribution in [0.15, 0.2) is 12.1 Å². The summed E-state index contributed by atoms with van der Waals surface area (Å²) in [7, 11) is 0. The van der Waals surface area contributed by atoms with E-state index in [-0.39, 0.29) is 0 Å². The van der Waals surface area contributed by atoms with E-state index in [1.165, 1.54) is 0 Å². The molecule has 1 nitrogen and oxygen atoms in total. The first kappa shape index (κ1) is 10.7. The van der Waals surface area contributed by atoms with Crippen LogP contribution in [0.3, 0.4) is 0 Å². The molecule has 1 rings (SSSR count). The van der Waals surface area contributed by atoms with Crippen LogP contribution in [0.4, 0.5) is 0 Å². The molecular weight excluding hydrogens is 207 g/mol. The van der Waals surface area contributed by atoms with Crippen LogP contribution in [0.25, 0.3) is 0 Å². The molecule has 13 heavy (non-hydrogen) atoms. The van der Waals surface area contributed by atoms with E-state index in [4.69, 9.17) is 27.9 Å². The lowest BCUT2D eigenvalue weighted by Gasteiger charge is -2.10. The first-order valence-corrected chi connectivity index (χ1v) is 5.06. The van der Waals surface area contributed by atoms with Gasteiger partial charge in [0.05, 0.1) is 16.7 Å². The van der Waals surface area contributed by atoms with E-state index in [0.717, 1.165) is 12.0 Å². The highest BCUT2D eigenvalue weighted by Gasteiger charge is 2.09. The van der Waals surface area contributed by atoms with Crippen molar-refractivity contribution < 1.29 is 4.74 Å². The molecule has 0 aromatic heterocycles. The third-order valence-corrected chi connectivity index (χ3v) is 2.51. The topological polar surface area (TPSA) is 9.23 Å². The summed E-state index contributed by atoms with van der Waals surface area (Å²) >= 11 is 12.0. The lowest BCUT2D eigenvalue weighted by molar-refractivity contribution is 0.340. The summed E-state index contributed by atoms with van der Waals surface area (Å²) in [5.41, 5.74) is 1.06. The van der Waals surface area contributed by atoms with Gasteiger partial charge in [-0.1, -0.05) is 36.2 Å². The summed E-state index contributed by atoms with van der Waals surface area (Å²) in [6.45, 7) is 4.53. The quantitative estimate of drug-likeness (QED) is 0.747. The van der Waals surface area contributed by atoms with Gasteiger partial charge in [-0.2, -0.15) is 0 Å². The summed E-state index contributed by atoms with van der Waals surface area (Å²) in [6.07, 6.45) is 0.885. The van der Waals surface area contributed by atoms with Crippen molar-refractivity contribution in [1.82, 2.24) is 0 Å². The summed E-state index contributed by atoms with van der Waals surface area (Å²) in [5, 5.41) is 1.21. The van der Waals surface area contributed by atoms with Crippen molar-refractivity contribution in [2.75, 3.05) is 6.61 Å². The number of hydrogen-bond donors (Lipinski definition) is 0. The molecule has 0 saturated carbocycles. The van der Waals surface area contributed by atoms with Gasteiger partial charge >= 0.3 is 0 Å². The Balaban J connectivity index is 3.13. The van der Waals surface area contributed by atoms with Crippen LogP contribution in [0.1, 0.15) is 19.4 Å². The summed E-state index contributed by atoms with van der Waals surface area (Å²) in [5.74, 6) is 0.602. The molecule has 0 amide bonds. The van der Waals surface area contributed by atoms with E-state index < -0.39 is 0 Å². The molecule has 1 aromatic rings. The van der Waals surface area contributed by atoms with E-state index in [1.54, 1.807) is 0 Å². The van der Waals surface area contributed by atoms with E-state index in [0.29, 0.717) is 22.4 Å². The Hall–Kier alpha value is -0.400. The van der Waals surface area contributed by atoms with Crippen molar-refractivity contribution in [3.05, 3.63) is 27.7 Å². The zero-order valence-electron chi connectivity index (χ0n) is 7.73. The first-order valence-electron chi connectivity index (χ1n) is 4.30. The molecule has 0 aliphatic carbocycles. The maximum Gasteiger partial charge on any atom is 0.156 e. The molecule has 0 radical (unpaired) electrons. The van der Waals surface area contributed by atoms with Crippen molar-refractivity contribution in [1.29, 1.82) is 0 Å². The Morgan fingerprint density at radius 1 is 1.23 bits per heavy atom. The van der Waals surface area contributed by atoms with E-state index in [1.807, 2.05) is 26.0 Å². The Labute approximate surface area is 88.6 Å². The number of benzene rings is 1. The van der Waals surface area contributed by atoms with Gasteiger partial charge in [-0.25, -0.2) is 0 Å². The number of aryl methyl sites for hydroxylation is 1. The second-order valence-corrected chi connectivity index (χ2v) is 3.42. The Kier molecular flexibility index (Phi) is 3.89. The van der Waals surface area contributed by atoms with Crippen molar-refractivity contribution in [3.63, 3.8) is 0 Å². The minimum Gasteiger partial charge on any atom is -0.491 e. The average molecular weight is 219 g/mol. The molecule has 0 fully saturated rings. The van der Waals surface area contributed by atoms with Gasteiger partial charge in [0.25, 0.3) is 0 Å². The highest BCUT2D eigenvalue weighted by Crippen LogP contribution is 2.35. The van der Waals surface area contributed by atoms with Crippen LogP contribution in [-0.4, -0.2) is 6.61 Å². The number of hydrogen-bond acceptors (Lipinski definition) is 1. The van der Waals surface area contributed by atoms with Gasteiger partial charge in [0.15, 0.2) is 5.75 Å². The van der Waals surface area contributed by atoms with Crippen molar-refractivity contribution in [2.24, 2.45) is 0 Å². The standard InChI is InChI=1S/C10H12Cl2O/c1-3-7-5-6-8(11)10(9(7)12)13-4-2/h5-6H,3-4H2,1-2H3. The minimum atomic E-state index is 0.573. The fourth-order valence-electron chi connectivity index (χ4n) is 1.12. The largest absolute Gasteiger partial charge is 0.491 e. The van der Waals surface area contributed by atoms with Gasteiger partial charge in [-0.3, -0.25) is 0 Å². The fourth-order valence-corrected chi connectivity index (χ4v) is 1.74. The third kappa shape index (κ3) is 2.29. The van der Waals surface area contributed by atoms with E-state index in [2.05, 4.69) is 0 Å². The molecular formula is C10H12Cl2O. The zero-order chi connectivity index (χ0) is 9.84. The molecule has 0 spiro atoms. The van der Waals surface area contributed by atoms with Crippen LogP contribution in [0, 0.1) is 0 Å². The summed E-state index contributed by atoms with van der Waals surface area (Å²) < 4.78 is 5.35. The average Bonchev–Trinajstić information content (AvgIpc) is 2.12. The van der Waals surface area contributed by atoms with E-state index in [9.17, 15) is 0 Å². The first-order chi connectivity index (χ1) is 6.20. The van der Waals surface area contributed by atoms with Gasteiger partial charge in [0, 0.05) is 0 Å². The predicted molar refractivity (Wildman–Crippen MR) is 57.0 cm³/mol. The maximum absolute atomic E-state index is 6.08. The molecule has 3 heteroatoms. The molecule has 0 heterocycles. The Morgan fingerprint density at radius 2 is 1.92 bits per heavy atom. The summed E-state index contributed by atoms with van der Waals surface area (Å²) in [6, 6.07) is 3.74. The molecule has 0 saturated heterocycles. The normalized spacial score (nSPS) is 10.2. The molecule has 0 aliphatic heterocycles. The van der Waals surface area contributed by atoms with Gasteiger partial charge in [0.2, 0.25) is 0 Å². The Bertz CT molecular complexity index is 297. The second-order valence-electron chi connectivity index (χ2n) is 2.64. The van der Waals surface area contributed by atoms with Gasteiger partial charge in [-0.05, 0) is 25.0 Å². The van der Waals surface area contributed by atoms with Crippen molar-refractivity contribution >= 4 is 23.2 Å². The monoisotopic (exact) mass is 218 g/mol. The molecule has 0 N–H and O–H groups in total. The van der Waals surface area contributed by atoms with Crippen LogP contribution >= 0.6 is 23.2 Å². The fraction of sp³-hybridized carbons (Fsp3) is 0.400. The molecule has 0 aliphatic rings. The van der Waals surface area contributed by atoms with Crippen LogP contribution < -0.4 is 4.74 Å². The van der Waals surface area contributed by atoms with Crippen LogP contribution in [0.5, 0.6) is 5.75 Å². The third-order valence-electron chi connectivity index (χ3n) is 1.80. The SMILES string of the molecule is CCOc1c(Cl)ccc(CC)c1Cl. The highest BCUT2D eigenvalue weighted by molar-refractivity contribution is 6.37. The second kappa shape index (κ2) is 4.73. The van der Waals surface area contributed by atoms with Crippen molar-refractivity contribution in [2.45, 2.75) is 20.3 Å². The molecule has 0 atom stereocenters. The van der Waals surface area contributed by atoms with Gasteiger partial charge < -0.3 is 4.74 Å². The number of halogens is 2. The predicted octanol–water partition coefficient (Wildman–Crippen LogP) is 3.95. The van der Waals surface area contributed by atoms with Gasteiger partial charge in [-0.15, -0.1) is 0 Å². The van der Waals surface area contributed by atoms with Crippen molar-refractivity contribution in [3.8, 4) is 5.75 Å². The smallest absolute Gasteiger partial charge is 0.156 e. The molecule has 72 valence electrons. The molecule has 0 bridgehead atoms. The Morgan fingerprint density at radius 3 is 2.46 bits per heavy atom. The number of rotatable bonds is 3. The van der Waals surface area contributed by atoms with E-state index >= 15 is 0 Å². The molecule has 0 unspecified atom stereocenters. The maximum atomic E-state index is 6.08. The van der Waals surface area contributed by atoms with Crippen LogP contribution in [0.2, 0.25) is 10.0 Å². The molecule has 1 aromatic carbocycles. The van der Waals surface area contributed by atoms with Gasteiger partial charge in [0.1, 0.15) is 0 Å². The zero-order valence-corrected chi connectivity index (χ0v) is 9.24. The minimum absolute atomic E-state index is 0.573.